The normalized spacial score (nSPS) is 19.8. The Hall–Kier alpha value is -1.24. The second-order valence-electron chi connectivity index (χ2n) is 4.85. The van der Waals surface area contributed by atoms with Gasteiger partial charge in [-0.15, -0.1) is 11.8 Å². The van der Waals surface area contributed by atoms with Crippen molar-refractivity contribution >= 4 is 29.5 Å². The van der Waals surface area contributed by atoms with E-state index >= 15 is 0 Å². The van der Waals surface area contributed by atoms with Crippen LogP contribution in [-0.2, 0) is 14.4 Å². The fraction of sp³-hybridized carbons (Fsp3) is 0.769. The quantitative estimate of drug-likeness (QED) is 0.792. The van der Waals surface area contributed by atoms with Crippen molar-refractivity contribution in [1.82, 2.24) is 9.80 Å². The zero-order valence-electron chi connectivity index (χ0n) is 12.2. The Kier molecular flexibility index (Phi) is 6.32. The van der Waals surface area contributed by atoms with Gasteiger partial charge in [0, 0.05) is 18.2 Å². The average Bonchev–Trinajstić information content (AvgIpc) is 2.91. The van der Waals surface area contributed by atoms with Crippen molar-refractivity contribution < 1.29 is 19.5 Å². The maximum atomic E-state index is 12.6. The predicted octanol–water partition coefficient (Wildman–Crippen LogP) is 1.01. The molecule has 1 aliphatic rings. The van der Waals surface area contributed by atoms with Crippen LogP contribution in [0.15, 0.2) is 0 Å². The summed E-state index contributed by atoms with van der Waals surface area (Å²) in [7, 11) is 0. The Morgan fingerprint density at radius 3 is 2.55 bits per heavy atom. The molecule has 0 aromatic carbocycles. The van der Waals surface area contributed by atoms with Crippen molar-refractivity contribution in [3.8, 4) is 0 Å². The molecular weight excluding hydrogens is 280 g/mol. The maximum Gasteiger partial charge on any atom is 0.323 e. The van der Waals surface area contributed by atoms with E-state index < -0.39 is 12.0 Å². The summed E-state index contributed by atoms with van der Waals surface area (Å²) in [6.07, 6.45) is 1.03. The van der Waals surface area contributed by atoms with Gasteiger partial charge in [-0.3, -0.25) is 14.4 Å². The number of rotatable bonds is 6. The molecule has 2 unspecified atom stereocenters. The van der Waals surface area contributed by atoms with E-state index in [0.29, 0.717) is 24.5 Å². The first-order chi connectivity index (χ1) is 9.42. The third kappa shape index (κ3) is 3.88. The monoisotopic (exact) mass is 302 g/mol. The molecule has 7 heteroatoms. The number of thioether (sulfide) groups is 1. The highest BCUT2D eigenvalue weighted by atomic mass is 32.2. The van der Waals surface area contributed by atoms with E-state index in [4.69, 9.17) is 5.11 Å². The van der Waals surface area contributed by atoms with Crippen LogP contribution in [0.4, 0.5) is 0 Å². The first-order valence-corrected chi connectivity index (χ1v) is 7.97. The van der Waals surface area contributed by atoms with Gasteiger partial charge in [0.15, 0.2) is 0 Å². The number of carbonyl (C=O) groups excluding carboxylic acids is 2. The molecule has 1 fully saturated rings. The van der Waals surface area contributed by atoms with Gasteiger partial charge < -0.3 is 14.9 Å². The van der Waals surface area contributed by atoms with Crippen LogP contribution in [0.1, 0.15) is 33.6 Å². The van der Waals surface area contributed by atoms with Crippen molar-refractivity contribution in [1.29, 1.82) is 0 Å². The third-order valence-corrected chi connectivity index (χ3v) is 4.51. The van der Waals surface area contributed by atoms with Gasteiger partial charge in [0.1, 0.15) is 12.6 Å². The molecule has 1 rings (SSSR count). The number of hydrogen-bond donors (Lipinski definition) is 1. The van der Waals surface area contributed by atoms with Crippen LogP contribution in [0.5, 0.6) is 0 Å². The molecule has 1 heterocycles. The molecule has 0 saturated carbocycles. The Bertz CT molecular complexity index is 389. The minimum atomic E-state index is -1.03. The Morgan fingerprint density at radius 1 is 1.40 bits per heavy atom. The molecule has 2 amide bonds. The molecule has 1 aliphatic heterocycles. The minimum Gasteiger partial charge on any atom is -0.480 e. The van der Waals surface area contributed by atoms with E-state index in [0.717, 1.165) is 0 Å². The predicted molar refractivity (Wildman–Crippen MR) is 77.4 cm³/mol. The summed E-state index contributed by atoms with van der Waals surface area (Å²) in [6, 6.07) is -0.677. The first kappa shape index (κ1) is 16.8. The number of carboxylic acids is 1. The van der Waals surface area contributed by atoms with Crippen LogP contribution < -0.4 is 0 Å². The number of amides is 2. The summed E-state index contributed by atoms with van der Waals surface area (Å²) in [5.74, 6) is -0.305. The van der Waals surface area contributed by atoms with Crippen molar-refractivity contribution in [3.05, 3.63) is 0 Å². The Morgan fingerprint density at radius 2 is 2.05 bits per heavy atom. The highest BCUT2D eigenvalue weighted by molar-refractivity contribution is 7.99. The van der Waals surface area contributed by atoms with E-state index in [9.17, 15) is 14.4 Å². The topological polar surface area (TPSA) is 77.9 Å². The first-order valence-electron chi connectivity index (χ1n) is 6.81. The van der Waals surface area contributed by atoms with Gasteiger partial charge in [-0.1, -0.05) is 13.8 Å². The molecule has 0 aromatic rings. The van der Waals surface area contributed by atoms with Gasteiger partial charge in [0.05, 0.1) is 5.88 Å². The average molecular weight is 302 g/mol. The largest absolute Gasteiger partial charge is 0.480 e. The van der Waals surface area contributed by atoms with Crippen LogP contribution in [0.2, 0.25) is 0 Å². The van der Waals surface area contributed by atoms with Gasteiger partial charge >= 0.3 is 5.97 Å². The number of carbonyl (C=O) groups is 3. The van der Waals surface area contributed by atoms with Crippen LogP contribution in [0, 0.1) is 0 Å². The molecule has 0 radical (unpaired) electrons. The minimum absolute atomic E-state index is 0.0622. The zero-order valence-corrected chi connectivity index (χ0v) is 13.0. The lowest BCUT2D eigenvalue weighted by molar-refractivity contribution is -0.150. The molecule has 0 spiro atoms. The highest BCUT2D eigenvalue weighted by Crippen LogP contribution is 2.24. The molecule has 0 bridgehead atoms. The van der Waals surface area contributed by atoms with Crippen molar-refractivity contribution in [3.63, 3.8) is 0 Å². The van der Waals surface area contributed by atoms with Crippen molar-refractivity contribution in [2.45, 2.75) is 45.7 Å². The number of hydrogen-bond acceptors (Lipinski definition) is 4. The molecule has 20 heavy (non-hydrogen) atoms. The van der Waals surface area contributed by atoms with Crippen LogP contribution >= 0.6 is 11.8 Å². The molecule has 0 aromatic heterocycles. The lowest BCUT2D eigenvalue weighted by Crippen LogP contribution is -2.52. The van der Waals surface area contributed by atoms with Gasteiger partial charge in [-0.25, -0.2) is 0 Å². The summed E-state index contributed by atoms with van der Waals surface area (Å²) in [6.45, 7) is 5.18. The van der Waals surface area contributed by atoms with E-state index in [-0.39, 0.29) is 24.4 Å². The SMILES string of the molecule is CCC(=O)N1CSCC1C(=O)N(CC(=O)O)C(C)CC. The number of nitrogens with zero attached hydrogens (tertiary/aromatic N) is 2. The fourth-order valence-corrected chi connectivity index (χ4v) is 3.28. The number of carboxylic acid groups (broad SMARTS) is 1. The molecule has 6 nitrogen and oxygen atoms in total. The second kappa shape index (κ2) is 7.52. The van der Waals surface area contributed by atoms with Gasteiger partial charge in [-0.2, -0.15) is 0 Å². The molecule has 0 aliphatic carbocycles. The lowest BCUT2D eigenvalue weighted by Gasteiger charge is -2.32. The summed E-state index contributed by atoms with van der Waals surface area (Å²) in [5, 5.41) is 8.96. The summed E-state index contributed by atoms with van der Waals surface area (Å²) >= 11 is 1.53. The Balaban J connectivity index is 2.87. The molecular formula is C13H22N2O4S. The second-order valence-corrected chi connectivity index (χ2v) is 5.85. The highest BCUT2D eigenvalue weighted by Gasteiger charge is 2.37. The van der Waals surface area contributed by atoms with Gasteiger partial charge in [-0.05, 0) is 13.3 Å². The van der Waals surface area contributed by atoms with E-state index in [1.165, 1.54) is 16.7 Å². The molecule has 2 atom stereocenters. The molecule has 114 valence electrons. The van der Waals surface area contributed by atoms with Crippen molar-refractivity contribution in [2.75, 3.05) is 18.2 Å². The Labute approximate surface area is 123 Å². The van der Waals surface area contributed by atoms with Gasteiger partial charge in [0.2, 0.25) is 11.8 Å². The molecule has 1 N–H and O–H groups in total. The maximum absolute atomic E-state index is 12.6. The van der Waals surface area contributed by atoms with Crippen molar-refractivity contribution in [2.24, 2.45) is 0 Å². The molecule has 1 saturated heterocycles. The fourth-order valence-electron chi connectivity index (χ4n) is 2.10. The lowest BCUT2D eigenvalue weighted by atomic mass is 10.1. The van der Waals surface area contributed by atoms with E-state index in [1.807, 2.05) is 13.8 Å². The van der Waals surface area contributed by atoms with Crippen LogP contribution in [0.3, 0.4) is 0 Å². The van der Waals surface area contributed by atoms with Gasteiger partial charge in [0.25, 0.3) is 0 Å². The summed E-state index contributed by atoms with van der Waals surface area (Å²) in [5.41, 5.74) is 0. The zero-order chi connectivity index (χ0) is 15.3. The summed E-state index contributed by atoms with van der Waals surface area (Å²) in [4.78, 5) is 38.3. The van der Waals surface area contributed by atoms with E-state index in [1.54, 1.807) is 11.8 Å². The van der Waals surface area contributed by atoms with Crippen LogP contribution in [-0.4, -0.2) is 62.9 Å². The van der Waals surface area contributed by atoms with Crippen LogP contribution in [0.25, 0.3) is 0 Å². The third-order valence-electron chi connectivity index (χ3n) is 3.50. The summed E-state index contributed by atoms with van der Waals surface area (Å²) < 4.78 is 0. The van der Waals surface area contributed by atoms with E-state index in [2.05, 4.69) is 0 Å². The standard InChI is InChI=1S/C13H22N2O4S/c1-4-9(3)14(6-12(17)18)13(19)10-7-20-8-15(10)11(16)5-2/h9-10H,4-8H2,1-3H3,(H,17,18). The number of aliphatic carboxylic acids is 1. The smallest absolute Gasteiger partial charge is 0.323 e.